The third-order valence-electron chi connectivity index (χ3n) is 0.269. The third-order valence-corrected chi connectivity index (χ3v) is 2.42. The van der Waals surface area contributed by atoms with E-state index >= 15 is 0 Å². The highest BCUT2D eigenvalue weighted by Gasteiger charge is 1.51. The van der Waals surface area contributed by atoms with Gasteiger partial charge in [-0.2, -0.15) is 0 Å². The Morgan fingerprint density at radius 3 is 2.50 bits per heavy atom. The summed E-state index contributed by atoms with van der Waals surface area (Å²) in [5, 5.41) is 4.10. The highest BCUT2D eigenvalue weighted by atomic mass is 28.2. The minimum absolute atomic E-state index is 0.740. The lowest BCUT2D eigenvalue weighted by Gasteiger charge is -1.56. The van der Waals surface area contributed by atoms with Gasteiger partial charge in [0.25, 0.3) is 0 Å². The van der Waals surface area contributed by atoms with Crippen LogP contribution in [0.25, 0.3) is 0 Å². The number of hydrogen-bond acceptors (Lipinski definition) is 0. The average molecular weight is 124 g/mol. The van der Waals surface area contributed by atoms with Crippen molar-refractivity contribution >= 4 is 44.9 Å². The Kier molecular flexibility index (Phi) is 5.49. The molecular formula is C3H4Si3. The van der Waals surface area contributed by atoms with Gasteiger partial charge in [0, 0.05) is 28.1 Å². The third kappa shape index (κ3) is 4.26. The summed E-state index contributed by atoms with van der Waals surface area (Å²) < 4.78 is 0. The van der Waals surface area contributed by atoms with E-state index in [-0.39, 0.29) is 0 Å². The van der Waals surface area contributed by atoms with E-state index in [0.717, 1.165) is 18.3 Å². The Labute approximate surface area is 45.5 Å². The maximum absolute atomic E-state index is 3.66. The van der Waals surface area contributed by atoms with Crippen molar-refractivity contribution in [2.45, 2.75) is 0 Å². The van der Waals surface area contributed by atoms with Gasteiger partial charge in [-0.1, -0.05) is 10.6 Å². The predicted octanol–water partition coefficient (Wildman–Crippen LogP) is -1.49. The van der Waals surface area contributed by atoms with Gasteiger partial charge in [-0.05, 0) is 0 Å². The molecule has 0 fully saturated rings. The van der Waals surface area contributed by atoms with Gasteiger partial charge in [0.2, 0.25) is 0 Å². The number of rotatable bonds is 2. The van der Waals surface area contributed by atoms with Gasteiger partial charge >= 0.3 is 0 Å². The lowest BCUT2D eigenvalue weighted by molar-refractivity contribution is 3.80. The zero-order valence-corrected chi connectivity index (χ0v) is 6.36. The van der Waals surface area contributed by atoms with E-state index in [1.807, 2.05) is 5.30 Å². The highest BCUT2D eigenvalue weighted by molar-refractivity contribution is 6.96. The molecule has 0 aliphatic heterocycles. The van der Waals surface area contributed by atoms with Crippen LogP contribution < -0.4 is 0 Å². The van der Waals surface area contributed by atoms with Crippen molar-refractivity contribution in [3.8, 4) is 0 Å². The molecule has 0 atom stereocenters. The maximum atomic E-state index is 3.66. The molecular weight excluding hydrogens is 120 g/mol. The molecule has 0 unspecified atom stereocenters. The van der Waals surface area contributed by atoms with E-state index in [1.54, 1.807) is 0 Å². The molecule has 0 rings (SSSR count). The summed E-state index contributed by atoms with van der Waals surface area (Å²) >= 11 is 0. The first-order chi connectivity index (χ1) is 2.91. The Morgan fingerprint density at radius 2 is 2.33 bits per heavy atom. The van der Waals surface area contributed by atoms with Gasteiger partial charge in [-0.3, -0.25) is 0 Å². The summed E-state index contributed by atoms with van der Waals surface area (Å²) in [6.45, 7) is 0. The van der Waals surface area contributed by atoms with Crippen molar-refractivity contribution in [2.75, 3.05) is 0 Å². The SMILES string of the molecule is C=[Si]C=[Si]C=[Si]. The van der Waals surface area contributed by atoms with Gasteiger partial charge in [0.05, 0.1) is 0 Å². The minimum atomic E-state index is 0.740. The Morgan fingerprint density at radius 1 is 1.67 bits per heavy atom. The van der Waals surface area contributed by atoms with Gasteiger partial charge < -0.3 is 0 Å². The molecule has 0 saturated carbocycles. The predicted molar refractivity (Wildman–Crippen MR) is 36.5 cm³/mol. The quantitative estimate of drug-likeness (QED) is 0.394. The van der Waals surface area contributed by atoms with E-state index in [1.165, 1.54) is 0 Å². The van der Waals surface area contributed by atoms with Crippen molar-refractivity contribution < 1.29 is 0 Å². The average Bonchev–Trinajstić information content (AvgIpc) is 1.61. The van der Waals surface area contributed by atoms with Crippen LogP contribution in [0.1, 0.15) is 0 Å². The van der Waals surface area contributed by atoms with Gasteiger partial charge in [0.1, 0.15) is 0 Å². The van der Waals surface area contributed by atoms with Gasteiger partial charge in [-0.15, -0.1) is 6.17 Å². The highest BCUT2D eigenvalue weighted by Crippen LogP contribution is 1.21. The number of hydrogen-bond donors (Lipinski definition) is 0. The zero-order valence-electron chi connectivity index (χ0n) is 3.36. The topological polar surface area (TPSA) is 0 Å². The fourth-order valence-electron chi connectivity index (χ4n) is 0.101. The molecule has 4 radical (unpaired) electrons. The lowest BCUT2D eigenvalue weighted by Crippen LogP contribution is -1.86. The molecule has 0 aromatic rings. The van der Waals surface area contributed by atoms with E-state index in [2.05, 4.69) is 21.3 Å². The molecule has 0 N–H and O–H groups in total. The van der Waals surface area contributed by atoms with Crippen LogP contribution >= 0.6 is 0 Å². The Balaban J connectivity index is 3.17. The first-order valence-electron chi connectivity index (χ1n) is 1.51. The molecule has 0 spiro atoms. The monoisotopic (exact) mass is 124 g/mol. The second-order valence-electron chi connectivity index (χ2n) is 0.659. The molecule has 0 nitrogen and oxygen atoms in total. The van der Waals surface area contributed by atoms with Crippen molar-refractivity contribution in [3.63, 3.8) is 0 Å². The van der Waals surface area contributed by atoms with Crippen LogP contribution in [0.2, 0.25) is 0 Å². The molecule has 0 bridgehead atoms. The summed E-state index contributed by atoms with van der Waals surface area (Å²) in [5.74, 6) is 0. The van der Waals surface area contributed by atoms with Crippen molar-refractivity contribution in [1.29, 1.82) is 0 Å². The molecule has 3 heteroatoms. The summed E-state index contributed by atoms with van der Waals surface area (Å²) in [7, 11) is 4.79. The second-order valence-corrected chi connectivity index (χ2v) is 3.71. The van der Waals surface area contributed by atoms with Gasteiger partial charge in [-0.25, -0.2) is 0 Å². The van der Waals surface area contributed by atoms with Crippen LogP contribution in [0, 0.1) is 0 Å². The summed E-state index contributed by atoms with van der Waals surface area (Å²) in [4.78, 5) is 0. The van der Waals surface area contributed by atoms with Crippen LogP contribution in [-0.2, 0) is 0 Å². The molecule has 28 valence electrons. The molecule has 0 saturated heterocycles. The summed E-state index contributed by atoms with van der Waals surface area (Å²) in [6, 6.07) is 0. The first kappa shape index (κ1) is 6.26. The van der Waals surface area contributed by atoms with Crippen molar-refractivity contribution in [2.24, 2.45) is 0 Å². The van der Waals surface area contributed by atoms with Crippen molar-refractivity contribution in [1.82, 2.24) is 0 Å². The molecule has 0 heterocycles. The molecule has 0 aromatic heterocycles. The van der Waals surface area contributed by atoms with E-state index in [9.17, 15) is 0 Å². The minimum Gasteiger partial charge on any atom is -0.114 e. The standard InChI is InChI=1S/C3H4Si3/c1-5-3-6-2-4/h2-3H,1H2. The van der Waals surface area contributed by atoms with Crippen LogP contribution in [0.5, 0.6) is 0 Å². The van der Waals surface area contributed by atoms with Crippen LogP contribution in [0.4, 0.5) is 0 Å². The van der Waals surface area contributed by atoms with Crippen molar-refractivity contribution in [3.05, 3.63) is 0 Å². The fourth-order valence-corrected chi connectivity index (χ4v) is 1.66. The van der Waals surface area contributed by atoms with Crippen LogP contribution in [-0.4, -0.2) is 44.9 Å². The van der Waals surface area contributed by atoms with E-state index in [0.29, 0.717) is 0 Å². The lowest BCUT2D eigenvalue weighted by atomic mass is 11.9. The normalized spacial score (nSPS) is 8.67. The van der Waals surface area contributed by atoms with E-state index in [4.69, 9.17) is 0 Å². The van der Waals surface area contributed by atoms with E-state index < -0.39 is 0 Å². The molecule has 0 aliphatic rings. The molecule has 6 heavy (non-hydrogen) atoms. The largest absolute Gasteiger partial charge is 0.114 e. The Bertz CT molecular complexity index is 64.1. The summed E-state index contributed by atoms with van der Waals surface area (Å²) in [6.07, 6.45) is 3.66. The van der Waals surface area contributed by atoms with Gasteiger partial charge in [0.15, 0.2) is 0 Å². The van der Waals surface area contributed by atoms with Crippen LogP contribution in [0.3, 0.4) is 0 Å². The maximum Gasteiger partial charge on any atom is 0.0404 e. The Hall–Kier alpha value is 0.261. The first-order valence-corrected chi connectivity index (χ1v) is 4.52. The second kappa shape index (κ2) is 5.26. The summed E-state index contributed by atoms with van der Waals surface area (Å²) in [5.41, 5.74) is 0. The van der Waals surface area contributed by atoms with Crippen LogP contribution in [0.15, 0.2) is 0 Å². The molecule has 0 amide bonds. The smallest absolute Gasteiger partial charge is 0.0404 e. The fraction of sp³-hybridized carbons (Fsp3) is 0. The molecule has 0 aliphatic carbocycles. The zero-order chi connectivity index (χ0) is 4.83. The molecule has 0 aromatic carbocycles.